The Morgan fingerprint density at radius 2 is 1.74 bits per heavy atom. The summed E-state index contributed by atoms with van der Waals surface area (Å²) in [5.74, 6) is -0.319. The molecule has 1 fully saturated rings. The number of hydrogen-bond acceptors (Lipinski definition) is 4. The molecule has 0 unspecified atom stereocenters. The maximum absolute atomic E-state index is 12.1. The Hall–Kier alpha value is -0.330. The minimum Gasteiger partial charge on any atom is -0.353 e. The standard InChI is InChI=1S/C12H24N2O3S.ClH/c1-3-8-13-9-10-14-11(15)12(18(2,16)17)6-4-5-7-12;/h13H,3-10H2,1-2H3,(H,14,15);1H. The second-order valence-corrected chi connectivity index (χ2v) is 7.31. The second kappa shape index (κ2) is 8.07. The molecule has 1 amide bonds. The van der Waals surface area contributed by atoms with Crippen molar-refractivity contribution >= 4 is 28.2 Å². The van der Waals surface area contributed by atoms with Crippen molar-refractivity contribution in [1.29, 1.82) is 0 Å². The summed E-state index contributed by atoms with van der Waals surface area (Å²) >= 11 is 0. The molecule has 0 radical (unpaired) electrons. The van der Waals surface area contributed by atoms with E-state index in [0.29, 0.717) is 25.9 Å². The van der Waals surface area contributed by atoms with Crippen LogP contribution in [0, 0.1) is 0 Å². The Kier molecular flexibility index (Phi) is 7.93. The smallest absolute Gasteiger partial charge is 0.241 e. The van der Waals surface area contributed by atoms with Gasteiger partial charge < -0.3 is 10.6 Å². The zero-order valence-corrected chi connectivity index (χ0v) is 13.3. The Bertz CT molecular complexity index is 378. The van der Waals surface area contributed by atoms with Crippen molar-refractivity contribution in [3.8, 4) is 0 Å². The maximum Gasteiger partial charge on any atom is 0.241 e. The summed E-state index contributed by atoms with van der Waals surface area (Å²) in [5.41, 5.74) is 0. The van der Waals surface area contributed by atoms with Gasteiger partial charge in [0.25, 0.3) is 0 Å². The van der Waals surface area contributed by atoms with Crippen LogP contribution in [0.3, 0.4) is 0 Å². The van der Waals surface area contributed by atoms with Crippen LogP contribution in [-0.2, 0) is 14.6 Å². The van der Waals surface area contributed by atoms with Crippen LogP contribution in [0.1, 0.15) is 39.0 Å². The Morgan fingerprint density at radius 3 is 2.21 bits per heavy atom. The van der Waals surface area contributed by atoms with E-state index in [1.54, 1.807) is 0 Å². The van der Waals surface area contributed by atoms with Crippen molar-refractivity contribution in [3.05, 3.63) is 0 Å². The van der Waals surface area contributed by atoms with E-state index >= 15 is 0 Å². The van der Waals surface area contributed by atoms with Gasteiger partial charge in [-0.05, 0) is 25.8 Å². The number of carbonyl (C=O) groups excluding carboxylic acids is 1. The predicted molar refractivity (Wildman–Crippen MR) is 79.5 cm³/mol. The molecule has 0 heterocycles. The van der Waals surface area contributed by atoms with Gasteiger partial charge in [-0.2, -0.15) is 0 Å². The monoisotopic (exact) mass is 312 g/mol. The first kappa shape index (κ1) is 18.7. The summed E-state index contributed by atoms with van der Waals surface area (Å²) in [6, 6.07) is 0. The average molecular weight is 313 g/mol. The minimum atomic E-state index is -3.34. The molecule has 7 heteroatoms. The SMILES string of the molecule is CCCNCCNC(=O)C1(S(C)(=O)=O)CCCC1.Cl. The lowest BCUT2D eigenvalue weighted by Gasteiger charge is -2.25. The zero-order valence-electron chi connectivity index (χ0n) is 11.7. The third kappa shape index (κ3) is 4.61. The maximum atomic E-state index is 12.1. The van der Waals surface area contributed by atoms with Crippen LogP contribution < -0.4 is 10.6 Å². The highest BCUT2D eigenvalue weighted by Gasteiger charge is 2.49. The van der Waals surface area contributed by atoms with Gasteiger partial charge in [0.2, 0.25) is 5.91 Å². The fourth-order valence-corrected chi connectivity index (χ4v) is 3.88. The van der Waals surface area contributed by atoms with Gasteiger partial charge in [-0.1, -0.05) is 19.8 Å². The zero-order chi connectivity index (χ0) is 13.6. The Balaban J connectivity index is 0.00000324. The van der Waals surface area contributed by atoms with E-state index in [1.807, 2.05) is 0 Å². The fraction of sp³-hybridized carbons (Fsp3) is 0.917. The number of amides is 1. The number of carbonyl (C=O) groups is 1. The Labute approximate surface area is 122 Å². The molecule has 0 aromatic carbocycles. The van der Waals surface area contributed by atoms with Crippen LogP contribution in [0.4, 0.5) is 0 Å². The van der Waals surface area contributed by atoms with Crippen LogP contribution in [-0.4, -0.2) is 45.0 Å². The molecule has 0 atom stereocenters. The molecule has 0 aromatic rings. The number of rotatable bonds is 7. The highest BCUT2D eigenvalue weighted by molar-refractivity contribution is 7.92. The van der Waals surface area contributed by atoms with Gasteiger partial charge in [-0.3, -0.25) is 4.79 Å². The third-order valence-electron chi connectivity index (χ3n) is 3.55. The van der Waals surface area contributed by atoms with E-state index in [-0.39, 0.29) is 18.3 Å². The summed E-state index contributed by atoms with van der Waals surface area (Å²) in [5, 5.41) is 5.92. The largest absolute Gasteiger partial charge is 0.353 e. The van der Waals surface area contributed by atoms with Crippen molar-refractivity contribution in [2.24, 2.45) is 0 Å². The summed E-state index contributed by atoms with van der Waals surface area (Å²) in [6.07, 6.45) is 4.76. The lowest BCUT2D eigenvalue weighted by molar-refractivity contribution is -0.123. The van der Waals surface area contributed by atoms with Gasteiger partial charge in [0, 0.05) is 19.3 Å². The molecule has 0 bridgehead atoms. The lowest BCUT2D eigenvalue weighted by atomic mass is 10.1. The minimum absolute atomic E-state index is 0. The van der Waals surface area contributed by atoms with Crippen molar-refractivity contribution in [2.75, 3.05) is 25.9 Å². The van der Waals surface area contributed by atoms with E-state index in [4.69, 9.17) is 0 Å². The summed E-state index contributed by atoms with van der Waals surface area (Å²) < 4.78 is 22.5. The van der Waals surface area contributed by atoms with Crippen LogP contribution in [0.25, 0.3) is 0 Å². The number of nitrogens with one attached hydrogen (secondary N) is 2. The molecule has 1 aliphatic rings. The molecule has 1 saturated carbocycles. The first-order valence-corrected chi connectivity index (χ1v) is 8.52. The Morgan fingerprint density at radius 1 is 1.16 bits per heavy atom. The summed E-state index contributed by atoms with van der Waals surface area (Å²) in [7, 11) is -3.34. The van der Waals surface area contributed by atoms with Gasteiger partial charge in [0.15, 0.2) is 9.84 Å². The number of sulfone groups is 1. The molecule has 1 aliphatic carbocycles. The normalized spacial score (nSPS) is 17.8. The molecular weight excluding hydrogens is 288 g/mol. The quantitative estimate of drug-likeness (QED) is 0.684. The first-order valence-electron chi connectivity index (χ1n) is 6.62. The van der Waals surface area contributed by atoms with E-state index in [0.717, 1.165) is 25.8 Å². The van der Waals surface area contributed by atoms with E-state index in [1.165, 1.54) is 6.26 Å². The van der Waals surface area contributed by atoms with Crippen LogP contribution >= 0.6 is 12.4 Å². The molecule has 5 nitrogen and oxygen atoms in total. The number of hydrogen-bond donors (Lipinski definition) is 2. The highest BCUT2D eigenvalue weighted by atomic mass is 35.5. The molecule has 114 valence electrons. The van der Waals surface area contributed by atoms with Gasteiger partial charge in [0.05, 0.1) is 0 Å². The topological polar surface area (TPSA) is 75.3 Å². The molecule has 2 N–H and O–H groups in total. The van der Waals surface area contributed by atoms with Crippen molar-refractivity contribution in [1.82, 2.24) is 10.6 Å². The number of halogens is 1. The van der Waals surface area contributed by atoms with Gasteiger partial charge in [0.1, 0.15) is 4.75 Å². The fourth-order valence-electron chi connectivity index (χ4n) is 2.44. The average Bonchev–Trinajstić information content (AvgIpc) is 2.78. The highest BCUT2D eigenvalue weighted by Crippen LogP contribution is 2.36. The summed E-state index contributed by atoms with van der Waals surface area (Å²) in [4.78, 5) is 12.1. The molecule has 0 aromatic heterocycles. The van der Waals surface area contributed by atoms with Gasteiger partial charge >= 0.3 is 0 Å². The van der Waals surface area contributed by atoms with Crippen LogP contribution in [0.15, 0.2) is 0 Å². The van der Waals surface area contributed by atoms with Crippen molar-refractivity contribution in [3.63, 3.8) is 0 Å². The molecule has 0 spiro atoms. The van der Waals surface area contributed by atoms with Crippen molar-refractivity contribution in [2.45, 2.75) is 43.8 Å². The van der Waals surface area contributed by atoms with E-state index in [2.05, 4.69) is 17.6 Å². The van der Waals surface area contributed by atoms with E-state index in [9.17, 15) is 13.2 Å². The second-order valence-electron chi connectivity index (χ2n) is 4.98. The van der Waals surface area contributed by atoms with Gasteiger partial charge in [-0.15, -0.1) is 12.4 Å². The summed E-state index contributed by atoms with van der Waals surface area (Å²) in [6.45, 7) is 4.14. The molecule has 0 saturated heterocycles. The predicted octanol–water partition coefficient (Wildman–Crippen LogP) is 0.881. The molecule has 1 rings (SSSR count). The molecule has 19 heavy (non-hydrogen) atoms. The third-order valence-corrected chi connectivity index (χ3v) is 5.56. The van der Waals surface area contributed by atoms with Crippen LogP contribution in [0.5, 0.6) is 0 Å². The molecule has 0 aliphatic heterocycles. The van der Waals surface area contributed by atoms with E-state index < -0.39 is 14.6 Å². The van der Waals surface area contributed by atoms with Crippen molar-refractivity contribution < 1.29 is 13.2 Å². The lowest BCUT2D eigenvalue weighted by Crippen LogP contribution is -2.51. The first-order chi connectivity index (χ1) is 8.44. The van der Waals surface area contributed by atoms with Gasteiger partial charge in [-0.25, -0.2) is 8.42 Å². The van der Waals surface area contributed by atoms with Crippen LogP contribution in [0.2, 0.25) is 0 Å². The molecular formula is C12H25ClN2O3S.